The average molecular weight is 460 g/mol. The van der Waals surface area contributed by atoms with E-state index in [1.165, 1.54) is 0 Å². The summed E-state index contributed by atoms with van der Waals surface area (Å²) in [6, 6.07) is 7.89. The van der Waals surface area contributed by atoms with Crippen LogP contribution in [0.3, 0.4) is 0 Å². The normalized spacial score (nSPS) is 11.4. The molecule has 3 aromatic rings. The smallest absolute Gasteiger partial charge is 0.134 e. The Hall–Kier alpha value is -3.32. The van der Waals surface area contributed by atoms with Gasteiger partial charge in [0.05, 0.1) is 16.3 Å². The van der Waals surface area contributed by atoms with E-state index in [4.69, 9.17) is 11.6 Å². The maximum atomic E-state index is 9.69. The minimum Gasteiger partial charge on any atom is -0.365 e. The molecular weight excluding hydrogens is 437 g/mol. The summed E-state index contributed by atoms with van der Waals surface area (Å²) in [5.41, 5.74) is 5.64. The number of aromatic nitrogens is 3. The predicted molar refractivity (Wildman–Crippen MR) is 136 cm³/mol. The summed E-state index contributed by atoms with van der Waals surface area (Å²) in [5, 5.41) is 14.5. The van der Waals surface area contributed by atoms with E-state index in [-0.39, 0.29) is 0 Å². The Morgan fingerprint density at radius 3 is 2.78 bits per heavy atom. The third-order valence-electron chi connectivity index (χ3n) is 4.55. The largest absolute Gasteiger partial charge is 0.365 e. The fraction of sp³-hybridized carbons (Fsp3) is 0.120. The Balaban J connectivity index is 1.86. The van der Waals surface area contributed by atoms with E-state index < -0.39 is 0 Å². The second-order valence-corrected chi connectivity index (χ2v) is 8.18. The van der Waals surface area contributed by atoms with Crippen LogP contribution in [0.2, 0.25) is 5.02 Å². The average Bonchev–Trinajstić information content (AvgIpc) is 2.77. The van der Waals surface area contributed by atoms with Gasteiger partial charge in [0.1, 0.15) is 11.9 Å². The van der Waals surface area contributed by atoms with Crippen LogP contribution >= 0.6 is 20.8 Å². The molecule has 0 saturated carbocycles. The molecule has 3 heterocycles. The van der Waals surface area contributed by atoms with Crippen molar-refractivity contribution in [2.45, 2.75) is 20.4 Å². The molecule has 0 radical (unpaired) electrons. The molecule has 0 spiro atoms. The molecule has 0 aliphatic heterocycles. The second-order valence-electron chi connectivity index (χ2n) is 7.16. The third-order valence-corrected chi connectivity index (χ3v) is 5.34. The molecule has 1 atom stereocenters. The minimum absolute atomic E-state index is 0.469. The van der Waals surface area contributed by atoms with Crippen LogP contribution in [0.15, 0.2) is 73.4 Å². The van der Waals surface area contributed by atoms with Gasteiger partial charge in [0.2, 0.25) is 0 Å². The maximum absolute atomic E-state index is 9.69. The van der Waals surface area contributed by atoms with Gasteiger partial charge in [-0.25, -0.2) is 4.98 Å². The number of rotatable bonds is 7. The van der Waals surface area contributed by atoms with Crippen molar-refractivity contribution >= 4 is 37.5 Å². The Kier molecular flexibility index (Phi) is 7.89. The van der Waals surface area contributed by atoms with Gasteiger partial charge in [-0.2, -0.15) is 5.26 Å². The molecule has 0 aliphatic rings. The molecule has 5 nitrogen and oxygen atoms in total. The van der Waals surface area contributed by atoms with Crippen LogP contribution in [0, 0.1) is 11.3 Å². The minimum atomic E-state index is 0.469. The lowest BCUT2D eigenvalue weighted by Crippen LogP contribution is -2.12. The third kappa shape index (κ3) is 5.68. The second kappa shape index (κ2) is 10.8. The van der Waals surface area contributed by atoms with Crippen LogP contribution in [-0.2, 0) is 6.54 Å². The van der Waals surface area contributed by atoms with Crippen molar-refractivity contribution in [1.29, 1.82) is 5.26 Å². The zero-order valence-electron chi connectivity index (χ0n) is 17.9. The van der Waals surface area contributed by atoms with E-state index in [2.05, 4.69) is 42.2 Å². The van der Waals surface area contributed by atoms with Crippen LogP contribution in [0.1, 0.15) is 30.7 Å². The highest BCUT2D eigenvalue weighted by molar-refractivity contribution is 7.28. The Morgan fingerprint density at radius 1 is 1.28 bits per heavy atom. The number of allylic oxidation sites excluding steroid dienone is 5. The topological polar surface area (TPSA) is 74.5 Å². The van der Waals surface area contributed by atoms with E-state index in [9.17, 15) is 5.26 Å². The Bertz CT molecular complexity index is 1260. The monoisotopic (exact) mass is 459 g/mol. The first-order valence-corrected chi connectivity index (χ1v) is 10.9. The van der Waals surface area contributed by atoms with E-state index in [0.717, 1.165) is 33.1 Å². The molecule has 0 fully saturated rings. The van der Waals surface area contributed by atoms with Crippen molar-refractivity contribution in [3.63, 3.8) is 0 Å². The van der Waals surface area contributed by atoms with Crippen LogP contribution < -0.4 is 10.6 Å². The summed E-state index contributed by atoms with van der Waals surface area (Å²) in [4.78, 5) is 13.2. The highest BCUT2D eigenvalue weighted by Crippen LogP contribution is 2.24. The SMILES string of the molecule is C=C(C)/C=C(\C=C/C)c1ncc(CNc2nccc(-c3cncc(Cl)c3)c2P)cc1C#N. The lowest BCUT2D eigenvalue weighted by atomic mass is 10.0. The first kappa shape index (κ1) is 23.3. The van der Waals surface area contributed by atoms with Gasteiger partial charge in [0.15, 0.2) is 0 Å². The quantitative estimate of drug-likeness (QED) is 0.361. The first-order valence-electron chi connectivity index (χ1n) is 9.91. The van der Waals surface area contributed by atoms with E-state index in [1.807, 2.05) is 50.3 Å². The molecule has 1 unspecified atom stereocenters. The number of nitriles is 1. The molecule has 7 heteroatoms. The standard InChI is InChI=1S/C25H23ClN5P/c1-4-5-18(8-16(2)3)23-19(11-27)9-17(12-30-23)13-31-25-24(32)22(6-7-29-25)20-10-21(26)15-28-14-20/h4-10,12,14-15H,2,13,32H2,1,3H3,(H,29,31)/b5-4-,18-8+. The molecule has 0 saturated heterocycles. The van der Waals surface area contributed by atoms with Crippen LogP contribution in [0.25, 0.3) is 16.7 Å². The van der Waals surface area contributed by atoms with Crippen molar-refractivity contribution in [3.05, 3.63) is 95.2 Å². The summed E-state index contributed by atoms with van der Waals surface area (Å²) < 4.78 is 0. The number of nitrogens with zero attached hydrogens (tertiary/aromatic N) is 4. The number of halogens is 1. The van der Waals surface area contributed by atoms with Crippen molar-refractivity contribution in [3.8, 4) is 17.2 Å². The number of anilines is 1. The number of nitrogens with one attached hydrogen (secondary N) is 1. The molecule has 1 N–H and O–H groups in total. The fourth-order valence-corrected chi connectivity index (χ4v) is 3.78. The predicted octanol–water partition coefficient (Wildman–Crippen LogP) is 5.71. The van der Waals surface area contributed by atoms with Crippen LogP contribution in [-0.4, -0.2) is 15.0 Å². The highest BCUT2D eigenvalue weighted by atomic mass is 35.5. The van der Waals surface area contributed by atoms with E-state index in [1.54, 1.807) is 24.8 Å². The fourth-order valence-electron chi connectivity index (χ4n) is 3.17. The summed E-state index contributed by atoms with van der Waals surface area (Å²) in [5.74, 6) is 0.715. The van der Waals surface area contributed by atoms with Gasteiger partial charge in [0.25, 0.3) is 0 Å². The summed E-state index contributed by atoms with van der Waals surface area (Å²) >= 11 is 6.09. The van der Waals surface area contributed by atoms with E-state index in [0.29, 0.717) is 28.6 Å². The lowest BCUT2D eigenvalue weighted by Gasteiger charge is -2.13. The van der Waals surface area contributed by atoms with Gasteiger partial charge >= 0.3 is 0 Å². The van der Waals surface area contributed by atoms with Crippen molar-refractivity contribution < 1.29 is 0 Å². The van der Waals surface area contributed by atoms with Gasteiger partial charge in [0, 0.05) is 47.8 Å². The molecule has 0 aromatic carbocycles. The number of hydrogen-bond donors (Lipinski definition) is 1. The molecule has 3 aromatic heterocycles. The van der Waals surface area contributed by atoms with Gasteiger partial charge in [-0.3, -0.25) is 9.97 Å². The maximum Gasteiger partial charge on any atom is 0.134 e. The highest BCUT2D eigenvalue weighted by Gasteiger charge is 2.11. The van der Waals surface area contributed by atoms with Gasteiger partial charge in [-0.05, 0) is 43.2 Å². The first-order chi connectivity index (χ1) is 15.4. The molecular formula is C25H23ClN5P. The van der Waals surface area contributed by atoms with E-state index >= 15 is 0 Å². The molecule has 0 aliphatic carbocycles. The lowest BCUT2D eigenvalue weighted by molar-refractivity contribution is 1.08. The van der Waals surface area contributed by atoms with Crippen molar-refractivity contribution in [1.82, 2.24) is 15.0 Å². The molecule has 0 amide bonds. The zero-order valence-corrected chi connectivity index (χ0v) is 19.8. The van der Waals surface area contributed by atoms with Crippen molar-refractivity contribution in [2.75, 3.05) is 5.32 Å². The van der Waals surface area contributed by atoms with Crippen LogP contribution in [0.4, 0.5) is 5.82 Å². The van der Waals surface area contributed by atoms with Gasteiger partial charge in [-0.15, -0.1) is 9.24 Å². The Morgan fingerprint density at radius 2 is 2.09 bits per heavy atom. The number of hydrogen-bond acceptors (Lipinski definition) is 5. The zero-order chi connectivity index (χ0) is 23.1. The molecule has 3 rings (SSSR count). The summed E-state index contributed by atoms with van der Waals surface area (Å²) in [7, 11) is 2.72. The molecule has 32 heavy (non-hydrogen) atoms. The molecule has 0 bridgehead atoms. The summed E-state index contributed by atoms with van der Waals surface area (Å²) in [6.07, 6.45) is 12.6. The van der Waals surface area contributed by atoms with Gasteiger partial charge < -0.3 is 5.32 Å². The van der Waals surface area contributed by atoms with Gasteiger partial charge in [-0.1, -0.05) is 42.0 Å². The van der Waals surface area contributed by atoms with Crippen molar-refractivity contribution in [2.24, 2.45) is 0 Å². The summed E-state index contributed by atoms with van der Waals surface area (Å²) in [6.45, 7) is 8.24. The number of pyridine rings is 3. The Labute approximate surface area is 195 Å². The van der Waals surface area contributed by atoms with Crippen LogP contribution in [0.5, 0.6) is 0 Å². The molecule has 160 valence electrons.